The van der Waals surface area contributed by atoms with Crippen molar-refractivity contribution in [3.63, 3.8) is 0 Å². The van der Waals surface area contributed by atoms with Gasteiger partial charge in [-0.25, -0.2) is 9.97 Å². The Balaban J connectivity index is 1.05. The third-order valence-corrected chi connectivity index (χ3v) is 10.2. The Morgan fingerprint density at radius 2 is 0.736 bits per heavy atom. The predicted octanol–water partition coefficient (Wildman–Crippen LogP) is 13.6. The number of nitrogens with zero attached hydrogens (tertiary/aromatic N) is 3. The van der Waals surface area contributed by atoms with E-state index in [4.69, 9.17) is 9.97 Å². The number of pyridine rings is 2. The molecule has 2 heterocycles. The molecule has 0 aliphatic carbocycles. The molecule has 0 bridgehead atoms. The van der Waals surface area contributed by atoms with Crippen LogP contribution < -0.4 is 4.90 Å². The Kier molecular flexibility index (Phi) is 7.47. The van der Waals surface area contributed by atoms with Crippen LogP contribution in [-0.4, -0.2) is 9.97 Å². The van der Waals surface area contributed by atoms with Crippen LogP contribution in [0, 0.1) is 0 Å². The first-order chi connectivity index (χ1) is 26.2. The highest BCUT2D eigenvalue weighted by Crippen LogP contribution is 2.39. The number of fused-ring (bicyclic) bond motifs is 5. The average Bonchev–Trinajstić information content (AvgIpc) is 3.24. The lowest BCUT2D eigenvalue weighted by molar-refractivity contribution is 1.28. The lowest BCUT2D eigenvalue weighted by Crippen LogP contribution is -2.10. The van der Waals surface area contributed by atoms with Gasteiger partial charge in [-0.2, -0.15) is 0 Å². The summed E-state index contributed by atoms with van der Waals surface area (Å²) in [6.45, 7) is 0. The Morgan fingerprint density at radius 1 is 0.283 bits per heavy atom. The molecule has 0 saturated carbocycles. The number of benzene rings is 8. The number of aromatic nitrogens is 2. The molecule has 8 aromatic carbocycles. The summed E-state index contributed by atoms with van der Waals surface area (Å²) in [6.07, 6.45) is 0. The fourth-order valence-electron chi connectivity index (χ4n) is 7.47. The van der Waals surface area contributed by atoms with Crippen LogP contribution >= 0.6 is 0 Å². The minimum atomic E-state index is 0.960. The van der Waals surface area contributed by atoms with E-state index < -0.39 is 0 Å². The molecule has 0 aliphatic heterocycles. The topological polar surface area (TPSA) is 29.0 Å². The van der Waals surface area contributed by atoms with E-state index in [0.717, 1.165) is 61.4 Å². The van der Waals surface area contributed by atoms with Crippen molar-refractivity contribution in [3.8, 4) is 33.6 Å². The molecule has 0 spiro atoms. The van der Waals surface area contributed by atoms with E-state index in [1.165, 1.54) is 32.7 Å². The second-order valence-corrected chi connectivity index (χ2v) is 13.5. The summed E-state index contributed by atoms with van der Waals surface area (Å²) in [5, 5.41) is 7.20. The van der Waals surface area contributed by atoms with Crippen molar-refractivity contribution in [2.45, 2.75) is 0 Å². The van der Waals surface area contributed by atoms with Gasteiger partial charge in [0.1, 0.15) is 0 Å². The highest BCUT2D eigenvalue weighted by molar-refractivity contribution is 6.09. The van der Waals surface area contributed by atoms with Crippen molar-refractivity contribution in [2.24, 2.45) is 0 Å². The van der Waals surface area contributed by atoms with E-state index in [1.54, 1.807) is 0 Å². The van der Waals surface area contributed by atoms with Crippen LogP contribution in [0.5, 0.6) is 0 Å². The van der Waals surface area contributed by atoms with Gasteiger partial charge in [0.15, 0.2) is 0 Å². The number of anilines is 3. The highest BCUT2D eigenvalue weighted by Gasteiger charge is 2.15. The van der Waals surface area contributed by atoms with Crippen molar-refractivity contribution in [2.75, 3.05) is 4.90 Å². The van der Waals surface area contributed by atoms with Crippen LogP contribution in [0.1, 0.15) is 0 Å². The number of rotatable bonds is 6. The molecule has 0 N–H and O–H groups in total. The maximum Gasteiger partial charge on any atom is 0.0709 e. The fraction of sp³-hybridized carbons (Fsp3) is 0. The minimum absolute atomic E-state index is 0.960. The van der Waals surface area contributed by atoms with Crippen LogP contribution in [0.2, 0.25) is 0 Å². The summed E-state index contributed by atoms with van der Waals surface area (Å²) < 4.78 is 0. The minimum Gasteiger partial charge on any atom is -0.310 e. The molecule has 0 atom stereocenters. The molecular weight excluding hydrogens is 643 g/mol. The van der Waals surface area contributed by atoms with Gasteiger partial charge < -0.3 is 4.90 Å². The molecular formula is C50H33N3. The first-order valence-electron chi connectivity index (χ1n) is 18.0. The maximum absolute atomic E-state index is 4.96. The van der Waals surface area contributed by atoms with Gasteiger partial charge in [0.05, 0.1) is 22.4 Å². The second kappa shape index (κ2) is 12.9. The first kappa shape index (κ1) is 30.7. The van der Waals surface area contributed by atoms with Gasteiger partial charge in [0.25, 0.3) is 0 Å². The zero-order chi connectivity index (χ0) is 35.1. The van der Waals surface area contributed by atoms with E-state index >= 15 is 0 Å². The van der Waals surface area contributed by atoms with Crippen molar-refractivity contribution >= 4 is 60.4 Å². The van der Waals surface area contributed by atoms with Crippen LogP contribution in [0.3, 0.4) is 0 Å². The highest BCUT2D eigenvalue weighted by atomic mass is 15.1. The smallest absolute Gasteiger partial charge is 0.0709 e. The number of para-hydroxylation sites is 2. The van der Waals surface area contributed by atoms with E-state index in [0.29, 0.717) is 0 Å². The summed E-state index contributed by atoms with van der Waals surface area (Å²) in [5.41, 5.74) is 11.8. The van der Waals surface area contributed by atoms with Crippen LogP contribution in [0.15, 0.2) is 200 Å². The van der Waals surface area contributed by atoms with Crippen molar-refractivity contribution in [3.05, 3.63) is 200 Å². The molecule has 10 rings (SSSR count). The second-order valence-electron chi connectivity index (χ2n) is 13.5. The van der Waals surface area contributed by atoms with Crippen LogP contribution in [0.25, 0.3) is 77.0 Å². The van der Waals surface area contributed by atoms with Crippen molar-refractivity contribution in [1.82, 2.24) is 9.97 Å². The molecule has 0 unspecified atom stereocenters. The Morgan fingerprint density at radius 3 is 1.32 bits per heavy atom. The van der Waals surface area contributed by atoms with Crippen molar-refractivity contribution in [1.29, 1.82) is 0 Å². The summed E-state index contributed by atoms with van der Waals surface area (Å²) in [4.78, 5) is 12.2. The molecule has 53 heavy (non-hydrogen) atoms. The molecule has 0 aliphatic rings. The Labute approximate surface area is 308 Å². The molecule has 3 heteroatoms. The summed E-state index contributed by atoms with van der Waals surface area (Å²) in [7, 11) is 0. The SMILES string of the molecule is c1ccc(-c2ccc3c(ccc4cc(N(c5ccc(-c6ccc7ccccc7n6)cc5)c5ccc(-c6ccc7ccccc7n6)cc5)ccc43)c2)cc1. The lowest BCUT2D eigenvalue weighted by Gasteiger charge is -2.26. The Bertz CT molecular complexity index is 2810. The molecule has 10 aromatic rings. The van der Waals surface area contributed by atoms with Gasteiger partial charge in [-0.3, -0.25) is 0 Å². The van der Waals surface area contributed by atoms with E-state index in [1.807, 2.05) is 12.1 Å². The third kappa shape index (κ3) is 5.75. The lowest BCUT2D eigenvalue weighted by atomic mass is 9.97. The van der Waals surface area contributed by atoms with Crippen LogP contribution in [-0.2, 0) is 0 Å². The molecule has 0 amide bonds. The zero-order valence-corrected chi connectivity index (χ0v) is 28.9. The van der Waals surface area contributed by atoms with Gasteiger partial charge in [0, 0.05) is 39.0 Å². The van der Waals surface area contributed by atoms with Gasteiger partial charge in [-0.1, -0.05) is 133 Å². The summed E-state index contributed by atoms with van der Waals surface area (Å²) >= 11 is 0. The standard InChI is InChI=1S/C50H33N3/c1-2-8-34(9-3-1)39-20-28-45-40(32-39)14-15-41-33-44(27-29-46(41)45)53(42-23-16-37(17-24-42)49-30-21-35-10-4-6-12-47(35)51-49)43-25-18-38(19-26-43)50-31-22-36-11-5-7-13-48(36)52-50/h1-33H. The number of hydrogen-bond donors (Lipinski definition) is 0. The predicted molar refractivity (Wildman–Crippen MR) is 223 cm³/mol. The molecule has 0 fully saturated rings. The van der Waals surface area contributed by atoms with E-state index in [9.17, 15) is 0 Å². The average molecular weight is 676 g/mol. The van der Waals surface area contributed by atoms with E-state index in [2.05, 4.69) is 193 Å². The molecule has 2 aromatic heterocycles. The molecule has 0 radical (unpaired) electrons. The summed E-state index contributed by atoms with van der Waals surface area (Å²) in [5.74, 6) is 0. The van der Waals surface area contributed by atoms with Gasteiger partial charge in [-0.15, -0.1) is 0 Å². The monoisotopic (exact) mass is 675 g/mol. The molecule has 0 saturated heterocycles. The molecule has 3 nitrogen and oxygen atoms in total. The maximum atomic E-state index is 4.96. The quantitative estimate of drug-likeness (QED) is 0.164. The van der Waals surface area contributed by atoms with E-state index in [-0.39, 0.29) is 0 Å². The Hall–Kier alpha value is -7.10. The third-order valence-electron chi connectivity index (χ3n) is 10.2. The molecule has 248 valence electrons. The van der Waals surface area contributed by atoms with Gasteiger partial charge in [-0.05, 0) is 99.4 Å². The zero-order valence-electron chi connectivity index (χ0n) is 28.9. The normalized spacial score (nSPS) is 11.4. The fourth-order valence-corrected chi connectivity index (χ4v) is 7.47. The van der Waals surface area contributed by atoms with Gasteiger partial charge >= 0.3 is 0 Å². The first-order valence-corrected chi connectivity index (χ1v) is 18.0. The van der Waals surface area contributed by atoms with Crippen molar-refractivity contribution < 1.29 is 0 Å². The summed E-state index contributed by atoms with van der Waals surface area (Å²) in [6, 6.07) is 71.1. The largest absolute Gasteiger partial charge is 0.310 e. The van der Waals surface area contributed by atoms with Gasteiger partial charge in [0.2, 0.25) is 0 Å². The van der Waals surface area contributed by atoms with Crippen LogP contribution in [0.4, 0.5) is 17.1 Å². The number of hydrogen-bond acceptors (Lipinski definition) is 3.